The van der Waals surface area contributed by atoms with E-state index < -0.39 is 27.2 Å². The first-order chi connectivity index (χ1) is 16.6. The number of esters is 1. The predicted molar refractivity (Wildman–Crippen MR) is 136 cm³/mol. The van der Waals surface area contributed by atoms with E-state index in [0.29, 0.717) is 16.1 Å². The first-order valence-electron chi connectivity index (χ1n) is 10.5. The van der Waals surface area contributed by atoms with Crippen LogP contribution in [0.15, 0.2) is 70.3 Å². The molecule has 9 nitrogen and oxygen atoms in total. The summed E-state index contributed by atoms with van der Waals surface area (Å²) in [5.41, 5.74) is 0.908. The van der Waals surface area contributed by atoms with Crippen LogP contribution in [-0.4, -0.2) is 36.8 Å². The lowest BCUT2D eigenvalue weighted by atomic mass is 10.2. The molecular formula is C24H23N3O6S2. The summed E-state index contributed by atoms with van der Waals surface area (Å²) in [7, 11) is -0.424. The van der Waals surface area contributed by atoms with Gasteiger partial charge in [0.15, 0.2) is 0 Å². The first kappa shape index (κ1) is 24.4. The van der Waals surface area contributed by atoms with E-state index in [9.17, 15) is 22.8 Å². The number of fused-ring (bicyclic) bond motifs is 1. The Morgan fingerprint density at radius 1 is 1.03 bits per heavy atom. The fourth-order valence-corrected chi connectivity index (χ4v) is 5.01. The molecule has 0 N–H and O–H groups in total. The quantitative estimate of drug-likeness (QED) is 0.352. The SMILES string of the molecule is CN(c1ccc(Cn2c(=O)c3cc(C(=O)OCc4ccccc4)sc3n(C)c2=O)cc1)S(C)(=O)=O. The first-order valence-corrected chi connectivity index (χ1v) is 13.2. The third-order valence-electron chi connectivity index (χ3n) is 5.56. The number of carbonyl (C=O) groups is 1. The third kappa shape index (κ3) is 5.05. The van der Waals surface area contributed by atoms with Crippen LogP contribution in [0, 0.1) is 0 Å². The number of sulfonamides is 1. The summed E-state index contributed by atoms with van der Waals surface area (Å²) < 4.78 is 32.4. The fourth-order valence-electron chi connectivity index (χ4n) is 3.50. The van der Waals surface area contributed by atoms with E-state index in [-0.39, 0.29) is 23.4 Å². The number of benzene rings is 2. The maximum atomic E-state index is 13.1. The number of ether oxygens (including phenoxy) is 1. The normalized spacial score (nSPS) is 11.5. The van der Waals surface area contributed by atoms with Gasteiger partial charge in [0.05, 0.1) is 23.9 Å². The number of thiophene rings is 1. The Bertz CT molecular complexity index is 1620. The van der Waals surface area contributed by atoms with E-state index in [1.165, 1.54) is 17.7 Å². The van der Waals surface area contributed by atoms with Crippen molar-refractivity contribution in [1.29, 1.82) is 0 Å². The summed E-state index contributed by atoms with van der Waals surface area (Å²) in [6.45, 7) is 0.0928. The van der Waals surface area contributed by atoms with Gasteiger partial charge in [0, 0.05) is 14.1 Å². The van der Waals surface area contributed by atoms with Crippen LogP contribution in [0.3, 0.4) is 0 Å². The zero-order valence-electron chi connectivity index (χ0n) is 19.3. The van der Waals surface area contributed by atoms with Gasteiger partial charge in [0.1, 0.15) is 16.3 Å². The summed E-state index contributed by atoms with van der Waals surface area (Å²) in [6, 6.07) is 17.2. The van der Waals surface area contributed by atoms with Crippen LogP contribution >= 0.6 is 11.3 Å². The van der Waals surface area contributed by atoms with E-state index in [2.05, 4.69) is 0 Å². The zero-order chi connectivity index (χ0) is 25.3. The number of aryl methyl sites for hydroxylation is 1. The topological polar surface area (TPSA) is 108 Å². The van der Waals surface area contributed by atoms with Crippen molar-refractivity contribution < 1.29 is 17.9 Å². The van der Waals surface area contributed by atoms with E-state index in [0.717, 1.165) is 32.0 Å². The zero-order valence-corrected chi connectivity index (χ0v) is 20.9. The Kier molecular flexibility index (Phi) is 6.64. The fraction of sp³-hybridized carbons (Fsp3) is 0.208. The lowest BCUT2D eigenvalue weighted by molar-refractivity contribution is 0.0478. The van der Waals surface area contributed by atoms with E-state index in [1.807, 2.05) is 30.3 Å². The molecule has 0 radical (unpaired) electrons. The summed E-state index contributed by atoms with van der Waals surface area (Å²) in [5.74, 6) is -0.570. The molecule has 0 atom stereocenters. The highest BCUT2D eigenvalue weighted by atomic mass is 32.2. The van der Waals surface area contributed by atoms with Crippen molar-refractivity contribution in [1.82, 2.24) is 9.13 Å². The minimum absolute atomic E-state index is 0.00600. The van der Waals surface area contributed by atoms with Crippen molar-refractivity contribution in [2.75, 3.05) is 17.6 Å². The van der Waals surface area contributed by atoms with Crippen molar-refractivity contribution in [2.24, 2.45) is 7.05 Å². The smallest absolute Gasteiger partial charge is 0.348 e. The molecule has 2 heterocycles. The maximum absolute atomic E-state index is 13.1. The summed E-state index contributed by atoms with van der Waals surface area (Å²) in [5, 5.41) is 0.247. The molecule has 2 aromatic carbocycles. The van der Waals surface area contributed by atoms with Gasteiger partial charge >= 0.3 is 11.7 Å². The molecule has 0 fully saturated rings. The predicted octanol–water partition coefficient (Wildman–Crippen LogP) is 2.56. The number of anilines is 1. The van der Waals surface area contributed by atoms with E-state index in [1.54, 1.807) is 31.3 Å². The molecule has 0 bridgehead atoms. The Morgan fingerprint density at radius 2 is 1.69 bits per heavy atom. The van der Waals surface area contributed by atoms with Crippen LogP contribution in [0.25, 0.3) is 10.2 Å². The van der Waals surface area contributed by atoms with E-state index >= 15 is 0 Å². The van der Waals surface area contributed by atoms with Gasteiger partial charge in [-0.05, 0) is 29.3 Å². The molecular weight excluding hydrogens is 490 g/mol. The van der Waals surface area contributed by atoms with Crippen LogP contribution in [0.5, 0.6) is 0 Å². The Labute approximate surface area is 205 Å². The van der Waals surface area contributed by atoms with Crippen LogP contribution in [-0.2, 0) is 35.0 Å². The average Bonchev–Trinajstić information content (AvgIpc) is 3.30. The monoisotopic (exact) mass is 513 g/mol. The second kappa shape index (κ2) is 9.51. The van der Waals surface area contributed by atoms with E-state index in [4.69, 9.17) is 4.74 Å². The van der Waals surface area contributed by atoms with Crippen LogP contribution in [0.4, 0.5) is 5.69 Å². The molecule has 2 aromatic heterocycles. The molecule has 0 spiro atoms. The standard InChI is InChI=1S/C24H23N3O6S2/c1-25-22-19(13-20(34-22)23(29)33-15-17-7-5-4-6-8-17)21(28)27(24(25)30)14-16-9-11-18(12-10-16)26(2)35(3,31)32/h4-13H,14-15H2,1-3H3. The molecule has 0 amide bonds. The lowest BCUT2D eigenvalue weighted by Crippen LogP contribution is -2.38. The Hall–Kier alpha value is -3.70. The molecule has 11 heteroatoms. The molecule has 0 aliphatic heterocycles. The highest BCUT2D eigenvalue weighted by Gasteiger charge is 2.19. The van der Waals surface area contributed by atoms with Crippen molar-refractivity contribution >= 4 is 43.2 Å². The third-order valence-corrected chi connectivity index (χ3v) is 7.96. The maximum Gasteiger partial charge on any atom is 0.348 e. The molecule has 0 saturated heterocycles. The number of rotatable bonds is 7. The highest BCUT2D eigenvalue weighted by molar-refractivity contribution is 7.92. The van der Waals surface area contributed by atoms with Gasteiger partial charge in [-0.15, -0.1) is 11.3 Å². The van der Waals surface area contributed by atoms with Gasteiger partial charge in [0.25, 0.3) is 5.56 Å². The van der Waals surface area contributed by atoms with Crippen molar-refractivity contribution in [2.45, 2.75) is 13.2 Å². The summed E-state index contributed by atoms with van der Waals surface area (Å²) in [4.78, 5) is 39.3. The lowest BCUT2D eigenvalue weighted by Gasteiger charge is -2.17. The van der Waals surface area contributed by atoms with Crippen molar-refractivity contribution in [3.8, 4) is 0 Å². The van der Waals surface area contributed by atoms with Gasteiger partial charge in [-0.25, -0.2) is 18.0 Å². The summed E-state index contributed by atoms with van der Waals surface area (Å²) in [6.07, 6.45) is 1.10. The Balaban J connectivity index is 1.62. The average molecular weight is 514 g/mol. The molecule has 0 aliphatic carbocycles. The number of aromatic nitrogens is 2. The molecule has 0 aliphatic rings. The van der Waals surface area contributed by atoms with Crippen LogP contribution in [0.2, 0.25) is 0 Å². The second-order valence-electron chi connectivity index (χ2n) is 8.02. The molecule has 35 heavy (non-hydrogen) atoms. The highest BCUT2D eigenvalue weighted by Crippen LogP contribution is 2.23. The Morgan fingerprint density at radius 3 is 2.31 bits per heavy atom. The second-order valence-corrected chi connectivity index (χ2v) is 11.1. The minimum Gasteiger partial charge on any atom is -0.457 e. The molecule has 182 valence electrons. The van der Waals surface area contributed by atoms with Gasteiger partial charge in [-0.2, -0.15) is 0 Å². The van der Waals surface area contributed by atoms with Gasteiger partial charge < -0.3 is 4.74 Å². The van der Waals surface area contributed by atoms with Crippen molar-refractivity contribution in [3.63, 3.8) is 0 Å². The molecule has 0 unspecified atom stereocenters. The van der Waals surface area contributed by atoms with Gasteiger partial charge in [0.2, 0.25) is 10.0 Å². The van der Waals surface area contributed by atoms with Crippen LogP contribution < -0.4 is 15.6 Å². The molecule has 4 aromatic rings. The molecule has 4 rings (SSSR count). The number of nitrogens with zero attached hydrogens (tertiary/aromatic N) is 3. The number of carbonyl (C=O) groups excluding carboxylic acids is 1. The number of hydrogen-bond donors (Lipinski definition) is 0. The minimum atomic E-state index is -3.41. The molecule has 0 saturated carbocycles. The van der Waals surface area contributed by atoms with Crippen LogP contribution in [0.1, 0.15) is 20.8 Å². The van der Waals surface area contributed by atoms with Gasteiger partial charge in [-0.1, -0.05) is 42.5 Å². The van der Waals surface area contributed by atoms with Gasteiger partial charge in [-0.3, -0.25) is 18.2 Å². The van der Waals surface area contributed by atoms with Crippen molar-refractivity contribution in [3.05, 3.63) is 97.5 Å². The number of hydrogen-bond acceptors (Lipinski definition) is 7. The largest absolute Gasteiger partial charge is 0.457 e. The summed E-state index contributed by atoms with van der Waals surface area (Å²) >= 11 is 1.03.